The molecule has 0 aliphatic heterocycles. The zero-order chi connectivity index (χ0) is 17.1. The van der Waals surface area contributed by atoms with E-state index in [0.717, 1.165) is 23.3 Å². The standard InChI is InChI=1S/C19H18ClNO3/c1-21-16-10-14(16)18-15(11-20)13(19(22)23-2)8-9-17(18)24-12-6-4-3-5-7-12/h3-9,14,16H,1,10-11H2,2H3/t14-,16?/m1/s1. The number of hydrogen-bond donors (Lipinski definition) is 0. The van der Waals surface area contributed by atoms with Crippen LogP contribution in [0, 0.1) is 0 Å². The molecule has 5 heteroatoms. The highest BCUT2D eigenvalue weighted by molar-refractivity contribution is 6.18. The van der Waals surface area contributed by atoms with Crippen molar-refractivity contribution in [1.82, 2.24) is 0 Å². The molecule has 1 saturated carbocycles. The van der Waals surface area contributed by atoms with Crippen molar-refractivity contribution >= 4 is 24.3 Å². The van der Waals surface area contributed by atoms with Crippen molar-refractivity contribution < 1.29 is 14.3 Å². The minimum absolute atomic E-state index is 0.137. The fourth-order valence-electron chi connectivity index (χ4n) is 2.89. The summed E-state index contributed by atoms with van der Waals surface area (Å²) in [5.41, 5.74) is 2.14. The third kappa shape index (κ3) is 3.15. The number of rotatable bonds is 6. The number of hydrogen-bond acceptors (Lipinski definition) is 4. The van der Waals surface area contributed by atoms with Crippen LogP contribution in [0.5, 0.6) is 11.5 Å². The van der Waals surface area contributed by atoms with E-state index >= 15 is 0 Å². The second-order valence-corrected chi connectivity index (χ2v) is 5.90. The van der Waals surface area contributed by atoms with Gasteiger partial charge in [-0.05, 0) is 43.0 Å². The van der Waals surface area contributed by atoms with Crippen LogP contribution in [0.1, 0.15) is 33.8 Å². The van der Waals surface area contributed by atoms with Gasteiger partial charge in [0.05, 0.1) is 18.7 Å². The summed E-state index contributed by atoms with van der Waals surface area (Å²) in [5, 5.41) is 0. The number of alkyl halides is 1. The minimum Gasteiger partial charge on any atom is -0.465 e. The van der Waals surface area contributed by atoms with Gasteiger partial charge in [0.2, 0.25) is 0 Å². The summed E-state index contributed by atoms with van der Waals surface area (Å²) in [6.45, 7) is 3.63. The molecule has 1 fully saturated rings. The number of esters is 1. The molecular formula is C19H18ClNO3. The molecule has 0 N–H and O–H groups in total. The Kier molecular flexibility index (Phi) is 4.86. The van der Waals surface area contributed by atoms with Gasteiger partial charge >= 0.3 is 5.97 Å². The Labute approximate surface area is 146 Å². The van der Waals surface area contributed by atoms with E-state index in [9.17, 15) is 4.79 Å². The van der Waals surface area contributed by atoms with Gasteiger partial charge in [0, 0.05) is 17.4 Å². The third-order valence-electron chi connectivity index (χ3n) is 4.19. The van der Waals surface area contributed by atoms with Gasteiger partial charge in [0.15, 0.2) is 0 Å². The number of ether oxygens (including phenoxy) is 2. The smallest absolute Gasteiger partial charge is 0.338 e. The Bertz CT molecular complexity index is 761. The first-order valence-corrected chi connectivity index (χ1v) is 8.21. The molecule has 2 atom stereocenters. The maximum Gasteiger partial charge on any atom is 0.338 e. The minimum atomic E-state index is -0.401. The van der Waals surface area contributed by atoms with Crippen LogP contribution in [0.2, 0.25) is 0 Å². The van der Waals surface area contributed by atoms with E-state index < -0.39 is 5.97 Å². The van der Waals surface area contributed by atoms with Gasteiger partial charge < -0.3 is 9.47 Å². The molecule has 3 rings (SSSR count). The number of aliphatic imine (C=N–C) groups is 1. The van der Waals surface area contributed by atoms with Crippen molar-refractivity contribution in [3.8, 4) is 11.5 Å². The van der Waals surface area contributed by atoms with Gasteiger partial charge in [-0.3, -0.25) is 4.99 Å². The Morgan fingerprint density at radius 3 is 2.62 bits per heavy atom. The molecule has 124 valence electrons. The van der Waals surface area contributed by atoms with Crippen LogP contribution < -0.4 is 4.74 Å². The van der Waals surface area contributed by atoms with E-state index in [2.05, 4.69) is 11.7 Å². The molecule has 0 aromatic heterocycles. The molecule has 0 bridgehead atoms. The van der Waals surface area contributed by atoms with Crippen molar-refractivity contribution in [2.24, 2.45) is 4.99 Å². The Hall–Kier alpha value is -2.33. The Morgan fingerprint density at radius 2 is 2.04 bits per heavy atom. The monoisotopic (exact) mass is 343 g/mol. The number of halogens is 1. The number of nitrogens with zero attached hydrogens (tertiary/aromatic N) is 1. The number of carbonyl (C=O) groups excluding carboxylic acids is 1. The molecule has 2 aromatic rings. The van der Waals surface area contributed by atoms with E-state index in [1.807, 2.05) is 30.3 Å². The van der Waals surface area contributed by atoms with E-state index in [-0.39, 0.29) is 17.8 Å². The first-order chi connectivity index (χ1) is 11.7. The molecule has 24 heavy (non-hydrogen) atoms. The highest BCUT2D eigenvalue weighted by Gasteiger charge is 2.42. The SMILES string of the molecule is C=NC1C[C@H]1c1c(Oc2ccccc2)ccc(C(=O)OC)c1CCl. The van der Waals surface area contributed by atoms with Gasteiger partial charge in [-0.1, -0.05) is 18.2 Å². The zero-order valence-electron chi connectivity index (χ0n) is 13.4. The lowest BCUT2D eigenvalue weighted by Gasteiger charge is -2.17. The molecule has 2 aromatic carbocycles. The van der Waals surface area contributed by atoms with E-state index in [0.29, 0.717) is 11.3 Å². The van der Waals surface area contributed by atoms with E-state index in [4.69, 9.17) is 21.1 Å². The highest BCUT2D eigenvalue weighted by Crippen LogP contribution is 2.50. The quantitative estimate of drug-likeness (QED) is 0.439. The average Bonchev–Trinajstić information content (AvgIpc) is 3.40. The van der Waals surface area contributed by atoms with Crippen LogP contribution in [0.3, 0.4) is 0 Å². The second kappa shape index (κ2) is 7.05. The highest BCUT2D eigenvalue weighted by atomic mass is 35.5. The van der Waals surface area contributed by atoms with Gasteiger partial charge in [-0.2, -0.15) is 0 Å². The van der Waals surface area contributed by atoms with Crippen LogP contribution >= 0.6 is 11.6 Å². The van der Waals surface area contributed by atoms with Crippen molar-refractivity contribution in [2.45, 2.75) is 24.3 Å². The van der Waals surface area contributed by atoms with Gasteiger partial charge in [0.1, 0.15) is 11.5 Å². The second-order valence-electron chi connectivity index (χ2n) is 5.64. The van der Waals surface area contributed by atoms with Gasteiger partial charge in [-0.15, -0.1) is 11.6 Å². The maximum absolute atomic E-state index is 12.1. The summed E-state index contributed by atoms with van der Waals surface area (Å²) in [6.07, 6.45) is 0.878. The van der Waals surface area contributed by atoms with E-state index in [1.165, 1.54) is 7.11 Å². The average molecular weight is 344 g/mol. The lowest BCUT2D eigenvalue weighted by atomic mass is 9.97. The molecule has 1 unspecified atom stereocenters. The molecular weight excluding hydrogens is 326 g/mol. The van der Waals surface area contributed by atoms with Crippen molar-refractivity contribution in [1.29, 1.82) is 0 Å². The summed E-state index contributed by atoms with van der Waals surface area (Å²) in [7, 11) is 1.36. The number of methoxy groups -OCH3 is 1. The van der Waals surface area contributed by atoms with Crippen LogP contribution in [0.25, 0.3) is 0 Å². The number of para-hydroxylation sites is 1. The normalized spacial score (nSPS) is 18.8. The molecule has 1 aliphatic carbocycles. The van der Waals surface area contributed by atoms with Crippen molar-refractivity contribution in [2.75, 3.05) is 7.11 Å². The molecule has 0 heterocycles. The summed E-state index contributed by atoms with van der Waals surface area (Å²) < 4.78 is 10.9. The first-order valence-electron chi connectivity index (χ1n) is 7.68. The molecule has 0 radical (unpaired) electrons. The number of benzene rings is 2. The summed E-state index contributed by atoms with van der Waals surface area (Å²) >= 11 is 6.17. The Morgan fingerprint density at radius 1 is 1.29 bits per heavy atom. The first kappa shape index (κ1) is 16.5. The molecule has 0 spiro atoms. The summed E-state index contributed by atoms with van der Waals surface area (Å²) in [6, 6.07) is 13.1. The molecule has 0 saturated heterocycles. The predicted molar refractivity (Wildman–Crippen MR) is 94.5 cm³/mol. The van der Waals surface area contributed by atoms with Crippen LogP contribution in [-0.2, 0) is 10.6 Å². The maximum atomic E-state index is 12.1. The summed E-state index contributed by atoms with van der Waals surface area (Å²) in [5.74, 6) is 1.39. The van der Waals surface area contributed by atoms with E-state index in [1.54, 1.807) is 12.1 Å². The fourth-order valence-corrected chi connectivity index (χ4v) is 3.18. The number of carbonyl (C=O) groups is 1. The van der Waals surface area contributed by atoms with Gasteiger partial charge in [-0.25, -0.2) is 4.79 Å². The summed E-state index contributed by atoms with van der Waals surface area (Å²) in [4.78, 5) is 16.2. The zero-order valence-corrected chi connectivity index (χ0v) is 14.1. The largest absolute Gasteiger partial charge is 0.465 e. The van der Waals surface area contributed by atoms with Crippen LogP contribution in [0.4, 0.5) is 0 Å². The van der Waals surface area contributed by atoms with Crippen molar-refractivity contribution in [3.05, 3.63) is 59.2 Å². The van der Waals surface area contributed by atoms with Crippen molar-refractivity contribution in [3.63, 3.8) is 0 Å². The lowest BCUT2D eigenvalue weighted by Crippen LogP contribution is -2.09. The lowest BCUT2D eigenvalue weighted by molar-refractivity contribution is 0.0599. The molecule has 0 amide bonds. The predicted octanol–water partition coefficient (Wildman–Crippen LogP) is 4.56. The molecule has 4 nitrogen and oxygen atoms in total. The topological polar surface area (TPSA) is 47.9 Å². The third-order valence-corrected chi connectivity index (χ3v) is 4.46. The fraction of sp³-hybridized carbons (Fsp3) is 0.263. The molecule has 1 aliphatic rings. The Balaban J connectivity index is 2.07. The van der Waals surface area contributed by atoms with Crippen LogP contribution in [0.15, 0.2) is 47.5 Å². The van der Waals surface area contributed by atoms with Gasteiger partial charge in [0.25, 0.3) is 0 Å². The van der Waals surface area contributed by atoms with Crippen LogP contribution in [-0.4, -0.2) is 25.8 Å².